The second kappa shape index (κ2) is 13.2. The first-order valence-electron chi connectivity index (χ1n) is 14.3. The van der Waals surface area contributed by atoms with Crippen LogP contribution in [0, 0.1) is 0 Å². The molecule has 0 saturated carbocycles. The fraction of sp³-hybridized carbons (Fsp3) is 0.235. The van der Waals surface area contributed by atoms with Crippen LogP contribution in [0.25, 0.3) is 11.1 Å². The Morgan fingerprint density at radius 2 is 1.60 bits per heavy atom. The number of carbonyl (C=O) groups excluding carboxylic acids is 2. The molecule has 7 nitrogen and oxygen atoms in total. The lowest BCUT2D eigenvalue weighted by Crippen LogP contribution is -2.47. The molecule has 0 spiro atoms. The molecule has 45 heavy (non-hydrogen) atoms. The molecule has 0 unspecified atom stereocenters. The van der Waals surface area contributed by atoms with Gasteiger partial charge in [0.1, 0.15) is 6.04 Å². The summed E-state index contributed by atoms with van der Waals surface area (Å²) in [4.78, 5) is 24.8. The van der Waals surface area contributed by atoms with E-state index in [1.54, 1.807) is 24.3 Å². The van der Waals surface area contributed by atoms with Crippen molar-refractivity contribution in [3.8, 4) is 11.1 Å². The van der Waals surface area contributed by atoms with Gasteiger partial charge >= 0.3 is 12.1 Å². The Bertz CT molecular complexity index is 1810. The molecular formula is C34H31F3N2O5S. The van der Waals surface area contributed by atoms with Crippen molar-refractivity contribution >= 4 is 27.6 Å². The fourth-order valence-electron chi connectivity index (χ4n) is 5.40. The number of sulfonamides is 1. The van der Waals surface area contributed by atoms with E-state index in [2.05, 4.69) is 10.1 Å². The molecule has 234 valence electrons. The lowest BCUT2D eigenvalue weighted by atomic mass is 10.0. The SMILES string of the molecule is COC(=O)CCCc1cccc(CNC(=O)[C@@H]2Cc3ccccc3N2S(=O)(=O)c2ccc(-c3cccc(C(F)(F)F)c3)cc2)c1. The van der Waals surface area contributed by atoms with E-state index in [-0.39, 0.29) is 23.8 Å². The monoisotopic (exact) mass is 636 g/mol. The van der Waals surface area contributed by atoms with Crippen LogP contribution in [0.3, 0.4) is 0 Å². The molecule has 0 fully saturated rings. The average Bonchev–Trinajstić information content (AvgIpc) is 3.44. The van der Waals surface area contributed by atoms with E-state index in [4.69, 9.17) is 0 Å². The summed E-state index contributed by atoms with van der Waals surface area (Å²) in [7, 11) is -2.88. The minimum Gasteiger partial charge on any atom is -0.469 e. The quantitative estimate of drug-likeness (QED) is 0.206. The number of anilines is 1. The molecule has 1 aliphatic rings. The second-order valence-corrected chi connectivity index (χ2v) is 12.5. The number of para-hydroxylation sites is 1. The highest BCUT2D eigenvalue weighted by Crippen LogP contribution is 2.38. The number of methoxy groups -OCH3 is 1. The van der Waals surface area contributed by atoms with Gasteiger partial charge in [0.25, 0.3) is 10.0 Å². The third-order valence-corrected chi connectivity index (χ3v) is 9.53. The summed E-state index contributed by atoms with van der Waals surface area (Å²) >= 11 is 0. The van der Waals surface area contributed by atoms with Gasteiger partial charge in [0.05, 0.1) is 23.3 Å². The number of amides is 1. The van der Waals surface area contributed by atoms with Gasteiger partial charge in [-0.1, -0.05) is 66.7 Å². The molecule has 1 atom stereocenters. The van der Waals surface area contributed by atoms with E-state index < -0.39 is 33.7 Å². The third kappa shape index (κ3) is 7.20. The first-order valence-corrected chi connectivity index (χ1v) is 15.7. The summed E-state index contributed by atoms with van der Waals surface area (Å²) in [6.07, 6.45) is -2.74. The number of nitrogens with zero attached hydrogens (tertiary/aromatic N) is 1. The molecule has 1 amide bonds. The molecule has 5 rings (SSSR count). The smallest absolute Gasteiger partial charge is 0.416 e. The van der Waals surface area contributed by atoms with Gasteiger partial charge in [-0.3, -0.25) is 13.9 Å². The van der Waals surface area contributed by atoms with Crippen LogP contribution in [-0.4, -0.2) is 33.4 Å². The zero-order valence-electron chi connectivity index (χ0n) is 24.4. The Morgan fingerprint density at radius 1 is 0.889 bits per heavy atom. The van der Waals surface area contributed by atoms with Gasteiger partial charge in [-0.25, -0.2) is 8.42 Å². The zero-order chi connectivity index (χ0) is 32.2. The van der Waals surface area contributed by atoms with E-state index in [9.17, 15) is 31.2 Å². The van der Waals surface area contributed by atoms with Crippen LogP contribution in [0.15, 0.2) is 102 Å². The Kier molecular flexibility index (Phi) is 9.29. The average molecular weight is 637 g/mol. The number of nitrogens with one attached hydrogen (secondary N) is 1. The lowest BCUT2D eigenvalue weighted by Gasteiger charge is -2.26. The van der Waals surface area contributed by atoms with Crippen LogP contribution >= 0.6 is 0 Å². The highest BCUT2D eigenvalue weighted by molar-refractivity contribution is 7.93. The number of esters is 1. The number of fused-ring (bicyclic) bond motifs is 1. The molecule has 0 aromatic heterocycles. The number of alkyl halides is 3. The lowest BCUT2D eigenvalue weighted by molar-refractivity contribution is -0.140. The third-order valence-electron chi connectivity index (χ3n) is 7.69. The molecule has 11 heteroatoms. The first kappa shape index (κ1) is 31.8. The summed E-state index contributed by atoms with van der Waals surface area (Å²) in [6.45, 7) is 0.177. The predicted molar refractivity (Wildman–Crippen MR) is 164 cm³/mol. The van der Waals surface area contributed by atoms with Crippen molar-refractivity contribution in [1.82, 2.24) is 5.32 Å². The molecule has 1 heterocycles. The van der Waals surface area contributed by atoms with Crippen LogP contribution in [0.2, 0.25) is 0 Å². The van der Waals surface area contributed by atoms with Gasteiger partial charge in [-0.05, 0) is 71.0 Å². The van der Waals surface area contributed by atoms with Crippen LogP contribution in [-0.2, 0) is 49.9 Å². The van der Waals surface area contributed by atoms with Gasteiger partial charge in [-0.2, -0.15) is 13.2 Å². The van der Waals surface area contributed by atoms with Gasteiger partial charge < -0.3 is 10.1 Å². The summed E-state index contributed by atoms with van der Waals surface area (Å²) < 4.78 is 73.5. The van der Waals surface area contributed by atoms with Crippen molar-refractivity contribution in [1.29, 1.82) is 0 Å². The number of hydrogen-bond acceptors (Lipinski definition) is 5. The largest absolute Gasteiger partial charge is 0.469 e. The molecule has 0 aliphatic carbocycles. The number of halogens is 3. The van der Waals surface area contributed by atoms with Crippen LogP contribution < -0.4 is 9.62 Å². The van der Waals surface area contributed by atoms with Gasteiger partial charge in [0.15, 0.2) is 0 Å². The van der Waals surface area contributed by atoms with Crippen molar-refractivity contribution < 1.29 is 35.9 Å². The van der Waals surface area contributed by atoms with Gasteiger partial charge in [-0.15, -0.1) is 0 Å². The maximum atomic E-state index is 14.0. The highest BCUT2D eigenvalue weighted by Gasteiger charge is 2.42. The standard InChI is InChI=1S/C34H31F3N2O5S/c1-44-32(40)14-5-8-23-7-4-9-24(19-23)22-38-33(41)31-21-27-10-2-3-13-30(27)39(31)45(42,43)29-17-15-25(16-18-29)26-11-6-12-28(20-26)34(35,36)37/h2-4,6-7,9-13,15-20,31H,5,8,14,21-22H2,1H3,(H,38,41)/t31-/m0/s1. The molecule has 0 saturated heterocycles. The first-order chi connectivity index (χ1) is 21.5. The molecule has 4 aromatic carbocycles. The number of aryl methyl sites for hydroxylation is 1. The Balaban J connectivity index is 1.34. The van der Waals surface area contributed by atoms with E-state index in [0.717, 1.165) is 27.6 Å². The molecule has 1 N–H and O–H groups in total. The number of rotatable bonds is 10. The minimum absolute atomic E-state index is 0.0904. The Hall–Kier alpha value is -4.64. The van der Waals surface area contributed by atoms with Crippen molar-refractivity contribution in [3.63, 3.8) is 0 Å². The van der Waals surface area contributed by atoms with Crippen LogP contribution in [0.1, 0.15) is 35.1 Å². The van der Waals surface area contributed by atoms with Crippen molar-refractivity contribution in [3.05, 3.63) is 119 Å². The van der Waals surface area contributed by atoms with Crippen molar-refractivity contribution in [2.75, 3.05) is 11.4 Å². The predicted octanol–water partition coefficient (Wildman–Crippen LogP) is 6.30. The molecular weight excluding hydrogens is 605 g/mol. The summed E-state index contributed by atoms with van der Waals surface area (Å²) in [5, 5.41) is 2.88. The summed E-state index contributed by atoms with van der Waals surface area (Å²) in [5.41, 5.74) is 2.84. The van der Waals surface area contributed by atoms with Gasteiger partial charge in [0, 0.05) is 19.4 Å². The highest BCUT2D eigenvalue weighted by atomic mass is 32.2. The minimum atomic E-state index is -4.51. The molecule has 1 aliphatic heterocycles. The summed E-state index contributed by atoms with van der Waals surface area (Å²) in [5.74, 6) is -0.742. The number of carbonyl (C=O) groups is 2. The number of hydrogen-bond donors (Lipinski definition) is 1. The Morgan fingerprint density at radius 3 is 2.33 bits per heavy atom. The molecule has 0 bridgehead atoms. The zero-order valence-corrected chi connectivity index (χ0v) is 25.2. The number of benzene rings is 4. The second-order valence-electron chi connectivity index (χ2n) is 10.7. The van der Waals surface area contributed by atoms with E-state index >= 15 is 0 Å². The maximum Gasteiger partial charge on any atom is 0.416 e. The molecule has 0 radical (unpaired) electrons. The Labute approximate surface area is 259 Å². The van der Waals surface area contributed by atoms with Crippen LogP contribution in [0.5, 0.6) is 0 Å². The van der Waals surface area contributed by atoms with Crippen LogP contribution in [0.4, 0.5) is 18.9 Å². The maximum absolute atomic E-state index is 14.0. The van der Waals surface area contributed by atoms with Crippen molar-refractivity contribution in [2.24, 2.45) is 0 Å². The normalized spacial score (nSPS) is 14.6. The number of ether oxygens (including phenoxy) is 1. The molecule has 4 aromatic rings. The summed E-state index contributed by atoms with van der Waals surface area (Å²) in [6, 6.07) is 23.8. The van der Waals surface area contributed by atoms with E-state index in [1.807, 2.05) is 24.3 Å². The van der Waals surface area contributed by atoms with E-state index in [0.29, 0.717) is 41.6 Å². The van der Waals surface area contributed by atoms with Crippen molar-refractivity contribution in [2.45, 2.75) is 49.3 Å². The fourth-order valence-corrected chi connectivity index (χ4v) is 7.05. The topological polar surface area (TPSA) is 92.8 Å². The van der Waals surface area contributed by atoms with E-state index in [1.165, 1.54) is 43.5 Å². The van der Waals surface area contributed by atoms with Gasteiger partial charge in [0.2, 0.25) is 5.91 Å².